The molecule has 0 spiro atoms. The molecule has 3 aromatic rings. The molecule has 3 aromatic carbocycles. The number of sulfonamides is 1. The van der Waals surface area contributed by atoms with Crippen LogP contribution >= 0.6 is 23.2 Å². The molecule has 1 amide bonds. The van der Waals surface area contributed by atoms with E-state index < -0.39 is 88.5 Å². The molecule has 5 rings (SSSR count). The molecule has 1 heterocycles. The van der Waals surface area contributed by atoms with Crippen molar-refractivity contribution in [1.29, 1.82) is 0 Å². The molecule has 1 aliphatic carbocycles. The van der Waals surface area contributed by atoms with Crippen LogP contribution in [0.5, 0.6) is 0 Å². The van der Waals surface area contributed by atoms with E-state index in [1.807, 2.05) is 0 Å². The highest BCUT2D eigenvalue weighted by molar-refractivity contribution is 7.93. The quantitative estimate of drug-likeness (QED) is 0.217. The number of rotatable bonds is 11. The fourth-order valence-electron chi connectivity index (χ4n) is 5.65. The highest BCUT2D eigenvalue weighted by Gasteiger charge is 2.51. The minimum Gasteiger partial charge on any atom is -0.481 e. The summed E-state index contributed by atoms with van der Waals surface area (Å²) in [5.41, 5.74) is 0.118. The van der Waals surface area contributed by atoms with Crippen LogP contribution in [0.15, 0.2) is 72.8 Å². The summed E-state index contributed by atoms with van der Waals surface area (Å²) in [6.07, 6.45) is -10.1. The van der Waals surface area contributed by atoms with Crippen molar-refractivity contribution in [2.24, 2.45) is 0 Å². The number of alkyl halides is 3. The van der Waals surface area contributed by atoms with Gasteiger partial charge in [0.1, 0.15) is 18.0 Å². The first kappa shape index (κ1) is 34.0. The number of nitrogens with zero attached hydrogens (tertiary/aromatic N) is 2. The van der Waals surface area contributed by atoms with Gasteiger partial charge in [-0.1, -0.05) is 59.6 Å². The van der Waals surface area contributed by atoms with Gasteiger partial charge in [0.2, 0.25) is 10.0 Å². The Morgan fingerprint density at radius 1 is 1.00 bits per heavy atom. The van der Waals surface area contributed by atoms with Crippen LogP contribution in [0.1, 0.15) is 49.0 Å². The summed E-state index contributed by atoms with van der Waals surface area (Å²) in [5, 5.41) is 9.20. The predicted octanol–water partition coefficient (Wildman–Crippen LogP) is 6.94. The summed E-state index contributed by atoms with van der Waals surface area (Å²) >= 11 is 12.4. The van der Waals surface area contributed by atoms with Crippen molar-refractivity contribution < 1.29 is 45.4 Å². The van der Waals surface area contributed by atoms with Crippen LogP contribution in [0.3, 0.4) is 0 Å². The maximum atomic E-state index is 15.1. The summed E-state index contributed by atoms with van der Waals surface area (Å²) in [7, 11) is -4.37. The number of morpholine rings is 1. The molecule has 0 bridgehead atoms. The van der Waals surface area contributed by atoms with Crippen LogP contribution < -0.4 is 4.31 Å². The van der Waals surface area contributed by atoms with Crippen LogP contribution in [0, 0.1) is 5.82 Å². The zero-order valence-electron chi connectivity index (χ0n) is 23.9. The van der Waals surface area contributed by atoms with Crippen LogP contribution in [0.4, 0.5) is 23.2 Å². The van der Waals surface area contributed by atoms with Crippen LogP contribution in [-0.4, -0.2) is 60.4 Å². The number of amides is 1. The lowest BCUT2D eigenvalue weighted by molar-refractivity contribution is -0.192. The van der Waals surface area contributed by atoms with Gasteiger partial charge >= 0.3 is 12.1 Å². The van der Waals surface area contributed by atoms with Crippen molar-refractivity contribution >= 4 is 50.8 Å². The first-order valence-electron chi connectivity index (χ1n) is 14.2. The average molecular weight is 704 g/mol. The number of carboxylic acid groups (broad SMARTS) is 1. The molecule has 8 nitrogen and oxygen atoms in total. The number of hydrogen-bond donors (Lipinski definition) is 1. The van der Waals surface area contributed by atoms with Gasteiger partial charge in [-0.15, -0.1) is 0 Å². The highest BCUT2D eigenvalue weighted by atomic mass is 35.5. The molecular weight excluding hydrogens is 675 g/mol. The van der Waals surface area contributed by atoms with E-state index in [1.165, 1.54) is 42.5 Å². The van der Waals surface area contributed by atoms with E-state index in [4.69, 9.17) is 27.9 Å². The third kappa shape index (κ3) is 7.59. The molecule has 0 radical (unpaired) electrons. The molecule has 1 saturated heterocycles. The normalized spacial score (nSPS) is 21.2. The fourth-order valence-corrected chi connectivity index (χ4v) is 7.87. The van der Waals surface area contributed by atoms with Crippen molar-refractivity contribution in [1.82, 2.24) is 4.90 Å². The molecule has 0 aromatic heterocycles. The molecule has 2 aliphatic rings. The molecule has 15 heteroatoms. The van der Waals surface area contributed by atoms with Gasteiger partial charge in [-0.25, -0.2) is 12.8 Å². The number of benzene rings is 3. The SMILES string of the molecule is O=C(O)C[C@@H]1O[C@H](c2cccc(Cl)c2)[C@@H](c2ccc(Cl)cc2)N([C@@H](CN(c2ccccc2F)S(=O)(=O)C2CC2)CC(F)(F)F)C1=O. The highest BCUT2D eigenvalue weighted by Crippen LogP contribution is 2.46. The van der Waals surface area contributed by atoms with Crippen LogP contribution in [0.2, 0.25) is 10.0 Å². The second kappa shape index (κ2) is 13.4. The van der Waals surface area contributed by atoms with Crippen molar-refractivity contribution in [2.75, 3.05) is 10.8 Å². The lowest BCUT2D eigenvalue weighted by Gasteiger charge is -2.49. The monoisotopic (exact) mass is 702 g/mol. The van der Waals surface area contributed by atoms with Gasteiger partial charge < -0.3 is 14.7 Å². The summed E-state index contributed by atoms with van der Waals surface area (Å²) in [6.45, 7) is -0.975. The third-order valence-corrected chi connectivity index (χ3v) is 10.5. The number of halogens is 6. The van der Waals surface area contributed by atoms with E-state index in [0.717, 1.165) is 17.0 Å². The van der Waals surface area contributed by atoms with Crippen molar-refractivity contribution in [3.8, 4) is 0 Å². The molecule has 46 heavy (non-hydrogen) atoms. The number of hydrogen-bond acceptors (Lipinski definition) is 5. The summed E-state index contributed by atoms with van der Waals surface area (Å²) in [5.74, 6) is -3.54. The van der Waals surface area contributed by atoms with E-state index in [-0.39, 0.29) is 28.5 Å². The average Bonchev–Trinajstić information content (AvgIpc) is 3.83. The Labute approximate surface area is 272 Å². The number of ether oxygens (including phenoxy) is 1. The Balaban J connectivity index is 1.72. The summed E-state index contributed by atoms with van der Waals surface area (Å²) in [6, 6.07) is 13.5. The number of anilines is 1. The molecule has 1 aliphatic heterocycles. The Kier molecular flexibility index (Phi) is 9.88. The molecule has 246 valence electrons. The maximum Gasteiger partial charge on any atom is 0.391 e. The lowest BCUT2D eigenvalue weighted by atomic mass is 9.89. The zero-order valence-corrected chi connectivity index (χ0v) is 26.2. The van der Waals surface area contributed by atoms with Gasteiger partial charge in [0, 0.05) is 10.0 Å². The van der Waals surface area contributed by atoms with E-state index in [2.05, 4.69) is 0 Å². The number of para-hydroxylation sites is 1. The maximum absolute atomic E-state index is 15.1. The Morgan fingerprint density at radius 2 is 1.67 bits per heavy atom. The van der Waals surface area contributed by atoms with Gasteiger partial charge in [0.05, 0.1) is 42.4 Å². The number of carboxylic acids is 1. The van der Waals surface area contributed by atoms with Crippen LogP contribution in [0.25, 0.3) is 0 Å². The van der Waals surface area contributed by atoms with E-state index >= 15 is 4.39 Å². The second-order valence-corrected chi connectivity index (χ2v) is 14.2. The largest absolute Gasteiger partial charge is 0.481 e. The van der Waals surface area contributed by atoms with Crippen LogP contribution in [-0.2, 0) is 24.3 Å². The number of carbonyl (C=O) groups is 2. The van der Waals surface area contributed by atoms with E-state index in [0.29, 0.717) is 9.87 Å². The topological polar surface area (TPSA) is 104 Å². The minimum atomic E-state index is -4.94. The number of aliphatic carboxylic acids is 1. The molecule has 1 saturated carbocycles. The number of carbonyl (C=O) groups excluding carboxylic acids is 1. The first-order valence-corrected chi connectivity index (χ1v) is 16.4. The Hall–Kier alpha value is -3.39. The van der Waals surface area contributed by atoms with Crippen molar-refractivity contribution in [3.63, 3.8) is 0 Å². The molecule has 1 N–H and O–H groups in total. The summed E-state index contributed by atoms with van der Waals surface area (Å²) < 4.78 is 92.4. The van der Waals surface area contributed by atoms with Gasteiger partial charge in [-0.2, -0.15) is 13.2 Å². The molecular formula is C31H28Cl2F4N2O6S. The minimum absolute atomic E-state index is 0.235. The van der Waals surface area contributed by atoms with E-state index in [1.54, 1.807) is 18.2 Å². The van der Waals surface area contributed by atoms with E-state index in [9.17, 15) is 36.3 Å². The molecule has 2 fully saturated rings. The van der Waals surface area contributed by atoms with Crippen molar-refractivity contribution in [3.05, 3.63) is 99.8 Å². The first-order chi connectivity index (χ1) is 21.7. The summed E-state index contributed by atoms with van der Waals surface area (Å²) in [4.78, 5) is 26.8. The van der Waals surface area contributed by atoms with Crippen molar-refractivity contribution in [2.45, 2.75) is 61.4 Å². The van der Waals surface area contributed by atoms with Gasteiger partial charge in [0.15, 0.2) is 0 Å². The predicted molar refractivity (Wildman–Crippen MR) is 163 cm³/mol. The fraction of sp³-hybridized carbons (Fsp3) is 0.355. The zero-order chi connectivity index (χ0) is 33.4. The van der Waals surface area contributed by atoms with Gasteiger partial charge in [-0.05, 0) is 60.4 Å². The standard InChI is InChI=1S/C31H28Cl2F4N2O6S/c32-20-10-8-18(9-11-20)28-29(19-4-3-5-21(33)14-19)45-26(15-27(40)41)30(42)39(28)22(16-31(35,36)37)17-38(46(43,44)23-12-13-23)25-7-2-1-6-24(25)34/h1-11,14,22-23,26,28-29H,12-13,15-17H2,(H,40,41)/t22-,26+,28-,29-/m1/s1. The Morgan fingerprint density at radius 3 is 2.26 bits per heavy atom. The van der Waals surface area contributed by atoms with Gasteiger partial charge in [0.25, 0.3) is 5.91 Å². The second-order valence-electron chi connectivity index (χ2n) is 11.1. The Bertz CT molecular complexity index is 1710. The smallest absolute Gasteiger partial charge is 0.391 e. The third-order valence-electron chi connectivity index (χ3n) is 7.79. The molecule has 4 atom stereocenters. The molecule has 0 unspecified atom stereocenters. The van der Waals surface area contributed by atoms with Gasteiger partial charge in [-0.3, -0.25) is 13.9 Å². The lowest BCUT2D eigenvalue weighted by Crippen LogP contribution is -2.59.